The summed E-state index contributed by atoms with van der Waals surface area (Å²) in [5.74, 6) is 0. The molecule has 0 bridgehead atoms. The highest BCUT2D eigenvalue weighted by Gasteiger charge is 2.64. The van der Waals surface area contributed by atoms with Gasteiger partial charge in [-0.05, 0) is 18.8 Å². The largest absolute Gasteiger partial charge is 0.395 e. The highest BCUT2D eigenvalue weighted by atomic mass is 35.5. The van der Waals surface area contributed by atoms with Crippen LogP contribution in [0.25, 0.3) is 0 Å². The van der Waals surface area contributed by atoms with Crippen molar-refractivity contribution in [2.24, 2.45) is 5.41 Å². The molecule has 1 unspecified atom stereocenters. The van der Waals surface area contributed by atoms with E-state index < -0.39 is 0 Å². The summed E-state index contributed by atoms with van der Waals surface area (Å²) in [6, 6.07) is 0. The van der Waals surface area contributed by atoms with Crippen LogP contribution in [0, 0.1) is 5.41 Å². The average Bonchev–Trinajstić information content (AvgIpc) is 2.54. The molecule has 4 heteroatoms. The van der Waals surface area contributed by atoms with Gasteiger partial charge in [0, 0.05) is 12.0 Å². The van der Waals surface area contributed by atoms with Crippen LogP contribution in [0.5, 0.6) is 0 Å². The molecule has 1 aliphatic carbocycles. The number of aryl methyl sites for hydroxylation is 1. The van der Waals surface area contributed by atoms with Crippen molar-refractivity contribution >= 4 is 11.6 Å². The minimum atomic E-state index is -0.184. The summed E-state index contributed by atoms with van der Waals surface area (Å²) >= 11 is 6.11. The SMILES string of the molecule is CCn1cnc(Cl)c1C1(CO)CC1(C)C. The maximum absolute atomic E-state index is 9.61. The lowest BCUT2D eigenvalue weighted by Crippen LogP contribution is -2.23. The lowest BCUT2D eigenvalue weighted by atomic mass is 9.93. The summed E-state index contributed by atoms with van der Waals surface area (Å²) in [4.78, 5) is 4.12. The van der Waals surface area contributed by atoms with Crippen molar-refractivity contribution in [3.8, 4) is 0 Å². The lowest BCUT2D eigenvalue weighted by Gasteiger charge is -2.19. The third-order valence-corrected chi connectivity index (χ3v) is 4.05. The number of nitrogens with zero attached hydrogens (tertiary/aromatic N) is 2. The minimum Gasteiger partial charge on any atom is -0.395 e. The first-order valence-electron chi connectivity index (χ1n) is 5.30. The van der Waals surface area contributed by atoms with Crippen molar-refractivity contribution in [3.63, 3.8) is 0 Å². The summed E-state index contributed by atoms with van der Waals surface area (Å²) in [5.41, 5.74) is 0.939. The van der Waals surface area contributed by atoms with Crippen LogP contribution in [-0.4, -0.2) is 21.3 Å². The van der Waals surface area contributed by atoms with Gasteiger partial charge in [0.15, 0.2) is 5.15 Å². The van der Waals surface area contributed by atoms with Crippen LogP contribution in [0.2, 0.25) is 5.15 Å². The molecular weight excluding hydrogens is 212 g/mol. The Balaban J connectivity index is 2.49. The zero-order chi connectivity index (χ0) is 11.3. The Kier molecular flexibility index (Phi) is 2.36. The van der Waals surface area contributed by atoms with Crippen LogP contribution >= 0.6 is 11.6 Å². The molecule has 1 saturated carbocycles. The van der Waals surface area contributed by atoms with Crippen molar-refractivity contribution in [2.75, 3.05) is 6.61 Å². The minimum absolute atomic E-state index is 0.123. The number of imidazole rings is 1. The summed E-state index contributed by atoms with van der Waals surface area (Å²) in [5, 5.41) is 10.1. The molecule has 1 atom stereocenters. The van der Waals surface area contributed by atoms with E-state index in [2.05, 4.69) is 25.8 Å². The smallest absolute Gasteiger partial charge is 0.150 e. The van der Waals surface area contributed by atoms with Crippen LogP contribution in [0.1, 0.15) is 32.9 Å². The maximum atomic E-state index is 9.61. The zero-order valence-electron chi connectivity index (χ0n) is 9.42. The fourth-order valence-corrected chi connectivity index (χ4v) is 2.86. The highest BCUT2D eigenvalue weighted by molar-refractivity contribution is 6.30. The fourth-order valence-electron chi connectivity index (χ4n) is 2.53. The molecule has 0 aromatic carbocycles. The van der Waals surface area contributed by atoms with E-state index in [4.69, 9.17) is 11.6 Å². The fraction of sp³-hybridized carbons (Fsp3) is 0.727. The van der Waals surface area contributed by atoms with Gasteiger partial charge >= 0.3 is 0 Å². The van der Waals surface area contributed by atoms with Gasteiger partial charge in [-0.2, -0.15) is 0 Å². The maximum Gasteiger partial charge on any atom is 0.150 e. The molecule has 84 valence electrons. The molecule has 3 nitrogen and oxygen atoms in total. The van der Waals surface area contributed by atoms with Gasteiger partial charge < -0.3 is 9.67 Å². The highest BCUT2D eigenvalue weighted by Crippen LogP contribution is 2.64. The Morgan fingerprint density at radius 1 is 1.60 bits per heavy atom. The Hall–Kier alpha value is -0.540. The molecule has 0 aliphatic heterocycles. The Morgan fingerprint density at radius 2 is 2.20 bits per heavy atom. The molecule has 1 aliphatic rings. The second-order valence-electron chi connectivity index (χ2n) is 4.97. The van der Waals surface area contributed by atoms with E-state index >= 15 is 0 Å². The number of aliphatic hydroxyl groups excluding tert-OH is 1. The Labute approximate surface area is 95.1 Å². The molecule has 0 spiro atoms. The third-order valence-electron chi connectivity index (χ3n) is 3.77. The molecule has 0 amide bonds. The predicted octanol–water partition coefficient (Wildman–Crippen LogP) is 2.22. The normalized spacial score (nSPS) is 28.1. The van der Waals surface area contributed by atoms with E-state index in [-0.39, 0.29) is 17.4 Å². The molecule has 0 saturated heterocycles. The van der Waals surface area contributed by atoms with E-state index in [0.717, 1.165) is 18.7 Å². The van der Waals surface area contributed by atoms with Gasteiger partial charge in [-0.3, -0.25) is 0 Å². The second-order valence-corrected chi connectivity index (χ2v) is 5.33. The van der Waals surface area contributed by atoms with Crippen molar-refractivity contribution < 1.29 is 5.11 Å². The first-order chi connectivity index (χ1) is 6.98. The van der Waals surface area contributed by atoms with Crippen molar-refractivity contribution in [3.05, 3.63) is 17.2 Å². The summed E-state index contributed by atoms with van der Waals surface area (Å²) in [7, 11) is 0. The lowest BCUT2D eigenvalue weighted by molar-refractivity contribution is 0.225. The van der Waals surface area contributed by atoms with Gasteiger partial charge in [0.1, 0.15) is 0 Å². The number of aromatic nitrogens is 2. The van der Waals surface area contributed by atoms with Crippen LogP contribution < -0.4 is 0 Å². The molecule has 1 aromatic rings. The monoisotopic (exact) mass is 228 g/mol. The van der Waals surface area contributed by atoms with Gasteiger partial charge in [0.05, 0.1) is 18.6 Å². The molecular formula is C11H17ClN2O. The number of halogens is 1. The van der Waals surface area contributed by atoms with Crippen LogP contribution in [0.3, 0.4) is 0 Å². The Morgan fingerprint density at radius 3 is 2.60 bits per heavy atom. The van der Waals surface area contributed by atoms with Gasteiger partial charge in [-0.25, -0.2) is 4.98 Å². The van der Waals surface area contributed by atoms with Gasteiger partial charge in [0.2, 0.25) is 0 Å². The van der Waals surface area contributed by atoms with E-state index in [1.165, 1.54) is 0 Å². The zero-order valence-corrected chi connectivity index (χ0v) is 10.2. The summed E-state index contributed by atoms with van der Waals surface area (Å²) in [6.07, 6.45) is 2.73. The molecule has 1 aromatic heterocycles. The molecule has 1 N–H and O–H groups in total. The topological polar surface area (TPSA) is 38.0 Å². The number of aliphatic hydroxyl groups is 1. The van der Waals surface area contributed by atoms with Gasteiger partial charge in [-0.15, -0.1) is 0 Å². The third kappa shape index (κ3) is 1.33. The Bertz CT molecular complexity index is 386. The molecule has 2 rings (SSSR count). The number of hydrogen-bond acceptors (Lipinski definition) is 2. The predicted molar refractivity (Wildman–Crippen MR) is 60.1 cm³/mol. The van der Waals surface area contributed by atoms with E-state index in [1.54, 1.807) is 6.33 Å². The van der Waals surface area contributed by atoms with E-state index in [0.29, 0.717) is 5.15 Å². The second kappa shape index (κ2) is 3.22. The summed E-state index contributed by atoms with van der Waals surface area (Å²) < 4.78 is 2.04. The molecule has 0 radical (unpaired) electrons. The quantitative estimate of drug-likeness (QED) is 0.862. The van der Waals surface area contributed by atoms with Gasteiger partial charge in [-0.1, -0.05) is 25.4 Å². The number of rotatable bonds is 3. The molecule has 15 heavy (non-hydrogen) atoms. The van der Waals surface area contributed by atoms with Crippen LogP contribution in [-0.2, 0) is 12.0 Å². The summed E-state index contributed by atoms with van der Waals surface area (Å²) in [6.45, 7) is 7.36. The first-order valence-corrected chi connectivity index (χ1v) is 5.68. The number of hydrogen-bond donors (Lipinski definition) is 1. The molecule has 1 fully saturated rings. The molecule has 1 heterocycles. The van der Waals surface area contributed by atoms with Crippen molar-refractivity contribution in [1.29, 1.82) is 0 Å². The first kappa shape index (κ1) is 11.0. The average molecular weight is 229 g/mol. The van der Waals surface area contributed by atoms with Crippen LogP contribution in [0.4, 0.5) is 0 Å². The standard InChI is InChI=1S/C11H17ClN2O/c1-4-14-7-13-9(12)8(14)11(6-15)5-10(11,2)3/h7,15H,4-6H2,1-3H3. The van der Waals surface area contributed by atoms with Crippen molar-refractivity contribution in [1.82, 2.24) is 9.55 Å². The van der Waals surface area contributed by atoms with E-state index in [9.17, 15) is 5.11 Å². The van der Waals surface area contributed by atoms with Crippen LogP contribution in [0.15, 0.2) is 6.33 Å². The van der Waals surface area contributed by atoms with Gasteiger partial charge in [0.25, 0.3) is 0 Å². The van der Waals surface area contributed by atoms with E-state index in [1.807, 2.05) is 4.57 Å². The van der Waals surface area contributed by atoms with Crippen molar-refractivity contribution in [2.45, 2.75) is 39.2 Å².